The molecule has 5 heteroatoms. The lowest BCUT2D eigenvalue weighted by molar-refractivity contribution is 0.166. The summed E-state index contributed by atoms with van der Waals surface area (Å²) >= 11 is 0. The van der Waals surface area contributed by atoms with Crippen LogP contribution in [0.1, 0.15) is 13.8 Å². The molecule has 0 radical (unpaired) electrons. The number of hydrogen-bond acceptors (Lipinski definition) is 5. The van der Waals surface area contributed by atoms with Crippen LogP contribution in [0.4, 0.5) is 0 Å². The number of nitrogens with one attached hydrogen (secondary N) is 1. The Labute approximate surface area is 92.7 Å². The molecule has 0 saturated heterocycles. The maximum absolute atomic E-state index is 8.47. The minimum Gasteiger partial charge on any atom is -0.395 e. The summed E-state index contributed by atoms with van der Waals surface area (Å²) < 4.78 is 0. The average molecular weight is 222 g/mol. The molecular weight excluding hydrogens is 196 g/mol. The molecule has 0 aliphatic rings. The van der Waals surface area contributed by atoms with E-state index in [2.05, 4.69) is 5.32 Å². The molecule has 0 bridgehead atoms. The fourth-order valence-corrected chi connectivity index (χ4v) is 0.967. The van der Waals surface area contributed by atoms with Gasteiger partial charge in [-0.3, -0.25) is 4.90 Å². The van der Waals surface area contributed by atoms with Crippen molar-refractivity contribution in [3.8, 4) is 0 Å². The minimum absolute atomic E-state index is 0.174. The third-order valence-electron chi connectivity index (χ3n) is 1.82. The molecule has 0 saturated carbocycles. The molecular formula is C10H26N2O3. The van der Waals surface area contributed by atoms with Gasteiger partial charge >= 0.3 is 0 Å². The SMILES string of the molecule is CCN(CCO)CCO.CCNCCO. The summed E-state index contributed by atoms with van der Waals surface area (Å²) in [5.41, 5.74) is 0. The molecule has 0 spiro atoms. The van der Waals surface area contributed by atoms with E-state index in [4.69, 9.17) is 15.3 Å². The zero-order valence-electron chi connectivity index (χ0n) is 9.95. The van der Waals surface area contributed by atoms with Gasteiger partial charge in [0.2, 0.25) is 0 Å². The molecule has 15 heavy (non-hydrogen) atoms. The Bertz CT molecular complexity index is 94.7. The molecule has 0 aromatic heterocycles. The van der Waals surface area contributed by atoms with Crippen molar-refractivity contribution in [2.75, 3.05) is 52.5 Å². The van der Waals surface area contributed by atoms with Crippen molar-refractivity contribution in [1.29, 1.82) is 0 Å². The van der Waals surface area contributed by atoms with Gasteiger partial charge in [-0.05, 0) is 13.1 Å². The van der Waals surface area contributed by atoms with E-state index in [-0.39, 0.29) is 19.8 Å². The van der Waals surface area contributed by atoms with Crippen LogP contribution in [0.25, 0.3) is 0 Å². The monoisotopic (exact) mass is 222 g/mol. The van der Waals surface area contributed by atoms with E-state index in [9.17, 15) is 0 Å². The minimum atomic E-state index is 0.174. The average Bonchev–Trinajstić information content (AvgIpc) is 2.27. The summed E-state index contributed by atoms with van der Waals surface area (Å²) in [5, 5.41) is 28.0. The first-order valence-corrected chi connectivity index (χ1v) is 5.52. The van der Waals surface area contributed by atoms with Gasteiger partial charge in [0, 0.05) is 19.6 Å². The molecule has 5 nitrogen and oxygen atoms in total. The van der Waals surface area contributed by atoms with Crippen molar-refractivity contribution < 1.29 is 15.3 Å². The number of aliphatic hydroxyl groups is 3. The van der Waals surface area contributed by atoms with Crippen molar-refractivity contribution >= 4 is 0 Å². The third kappa shape index (κ3) is 16.5. The highest BCUT2D eigenvalue weighted by atomic mass is 16.3. The zero-order chi connectivity index (χ0) is 11.9. The Balaban J connectivity index is 0. The maximum Gasteiger partial charge on any atom is 0.0558 e. The molecule has 0 aromatic carbocycles. The molecule has 0 atom stereocenters. The number of hydrogen-bond donors (Lipinski definition) is 4. The maximum atomic E-state index is 8.47. The topological polar surface area (TPSA) is 76.0 Å². The van der Waals surface area contributed by atoms with E-state index in [0.717, 1.165) is 19.6 Å². The Morgan fingerprint density at radius 3 is 1.67 bits per heavy atom. The molecule has 0 unspecified atom stereocenters. The van der Waals surface area contributed by atoms with Crippen LogP contribution in [0.2, 0.25) is 0 Å². The van der Waals surface area contributed by atoms with E-state index in [1.165, 1.54) is 0 Å². The summed E-state index contributed by atoms with van der Waals surface area (Å²) in [6.45, 7) is 8.49. The second-order valence-electron chi connectivity index (χ2n) is 2.96. The van der Waals surface area contributed by atoms with Gasteiger partial charge in [-0.25, -0.2) is 0 Å². The fraction of sp³-hybridized carbons (Fsp3) is 1.00. The molecule has 0 fully saturated rings. The molecule has 0 amide bonds. The summed E-state index contributed by atoms with van der Waals surface area (Å²) in [4.78, 5) is 1.99. The predicted octanol–water partition coefficient (Wildman–Crippen LogP) is -1.12. The molecule has 0 aliphatic heterocycles. The van der Waals surface area contributed by atoms with Gasteiger partial charge in [-0.2, -0.15) is 0 Å². The van der Waals surface area contributed by atoms with E-state index in [1.54, 1.807) is 0 Å². The Hall–Kier alpha value is -0.200. The smallest absolute Gasteiger partial charge is 0.0558 e. The Morgan fingerprint density at radius 2 is 1.47 bits per heavy atom. The molecule has 4 N–H and O–H groups in total. The first-order valence-electron chi connectivity index (χ1n) is 5.52. The third-order valence-corrected chi connectivity index (χ3v) is 1.82. The fourth-order valence-electron chi connectivity index (χ4n) is 0.967. The van der Waals surface area contributed by atoms with Gasteiger partial charge < -0.3 is 20.6 Å². The molecule has 0 rings (SSSR count). The Kier molecular flexibility index (Phi) is 18.6. The van der Waals surface area contributed by atoms with E-state index in [1.807, 2.05) is 18.7 Å². The summed E-state index contributed by atoms with van der Waals surface area (Å²) in [6.07, 6.45) is 0. The molecule has 0 aliphatic carbocycles. The number of aliphatic hydroxyl groups excluding tert-OH is 3. The largest absolute Gasteiger partial charge is 0.395 e. The predicted molar refractivity (Wildman–Crippen MR) is 61.9 cm³/mol. The van der Waals surface area contributed by atoms with Crippen LogP contribution >= 0.6 is 0 Å². The van der Waals surface area contributed by atoms with Gasteiger partial charge in [0.1, 0.15) is 0 Å². The quantitative estimate of drug-likeness (QED) is 0.392. The van der Waals surface area contributed by atoms with Crippen LogP contribution in [-0.4, -0.2) is 72.8 Å². The van der Waals surface area contributed by atoms with E-state index < -0.39 is 0 Å². The normalized spacial score (nSPS) is 10.0. The summed E-state index contributed by atoms with van der Waals surface area (Å²) in [6, 6.07) is 0. The summed E-state index contributed by atoms with van der Waals surface area (Å²) in [5.74, 6) is 0. The van der Waals surface area contributed by atoms with Gasteiger partial charge in [-0.15, -0.1) is 0 Å². The molecule has 0 aromatic rings. The van der Waals surface area contributed by atoms with E-state index >= 15 is 0 Å². The van der Waals surface area contributed by atoms with E-state index in [0.29, 0.717) is 13.1 Å². The highest BCUT2D eigenvalue weighted by molar-refractivity contribution is 4.51. The first kappa shape index (κ1) is 17.2. The van der Waals surface area contributed by atoms with Crippen molar-refractivity contribution in [3.05, 3.63) is 0 Å². The second-order valence-corrected chi connectivity index (χ2v) is 2.96. The van der Waals surface area contributed by atoms with Gasteiger partial charge in [0.05, 0.1) is 19.8 Å². The van der Waals surface area contributed by atoms with Crippen LogP contribution in [0.3, 0.4) is 0 Å². The van der Waals surface area contributed by atoms with Crippen LogP contribution in [-0.2, 0) is 0 Å². The van der Waals surface area contributed by atoms with Crippen molar-refractivity contribution in [2.45, 2.75) is 13.8 Å². The van der Waals surface area contributed by atoms with Crippen LogP contribution < -0.4 is 5.32 Å². The molecule has 94 valence electrons. The van der Waals surface area contributed by atoms with Crippen molar-refractivity contribution in [2.24, 2.45) is 0 Å². The summed E-state index contributed by atoms with van der Waals surface area (Å²) in [7, 11) is 0. The Morgan fingerprint density at radius 1 is 0.933 bits per heavy atom. The van der Waals surface area contributed by atoms with Crippen molar-refractivity contribution in [1.82, 2.24) is 10.2 Å². The number of rotatable bonds is 8. The van der Waals surface area contributed by atoms with Crippen LogP contribution in [0.15, 0.2) is 0 Å². The zero-order valence-corrected chi connectivity index (χ0v) is 9.95. The van der Waals surface area contributed by atoms with Gasteiger partial charge in [-0.1, -0.05) is 13.8 Å². The lowest BCUT2D eigenvalue weighted by Crippen LogP contribution is -2.29. The lowest BCUT2D eigenvalue weighted by Gasteiger charge is -2.16. The van der Waals surface area contributed by atoms with Crippen LogP contribution in [0.5, 0.6) is 0 Å². The highest BCUT2D eigenvalue weighted by Crippen LogP contribution is 1.83. The highest BCUT2D eigenvalue weighted by Gasteiger charge is 1.97. The lowest BCUT2D eigenvalue weighted by atomic mass is 10.5. The standard InChI is InChI=1S/C6H15NO2.C4H11NO/c1-2-7(3-5-8)4-6-9;1-2-5-3-4-6/h8-9H,2-6H2,1H3;5-6H,2-4H2,1H3. The molecule has 0 heterocycles. The van der Waals surface area contributed by atoms with Crippen LogP contribution in [0, 0.1) is 0 Å². The number of nitrogens with zero attached hydrogens (tertiary/aromatic N) is 1. The van der Waals surface area contributed by atoms with Crippen molar-refractivity contribution in [3.63, 3.8) is 0 Å². The first-order chi connectivity index (χ1) is 7.26. The second kappa shape index (κ2) is 16.2. The number of likely N-dealkylation sites (N-methyl/N-ethyl adjacent to an activating group) is 2. The van der Waals surface area contributed by atoms with Gasteiger partial charge in [0.25, 0.3) is 0 Å². The van der Waals surface area contributed by atoms with Gasteiger partial charge in [0.15, 0.2) is 0 Å².